The highest BCUT2D eigenvalue weighted by Crippen LogP contribution is 2.20. The van der Waals surface area contributed by atoms with Gasteiger partial charge in [0.2, 0.25) is 5.96 Å². The molecule has 0 saturated heterocycles. The van der Waals surface area contributed by atoms with E-state index in [0.29, 0.717) is 18.1 Å². The highest BCUT2D eigenvalue weighted by molar-refractivity contribution is 5.94. The van der Waals surface area contributed by atoms with Gasteiger partial charge in [-0.05, 0) is 20.3 Å². The van der Waals surface area contributed by atoms with E-state index in [-0.39, 0.29) is 12.0 Å². The maximum atomic E-state index is 11.8. The summed E-state index contributed by atoms with van der Waals surface area (Å²) >= 11 is 0. The molecule has 4 N–H and O–H groups in total. The zero-order valence-electron chi connectivity index (χ0n) is 10.5. The first kappa shape index (κ1) is 13.5. The van der Waals surface area contributed by atoms with E-state index in [2.05, 4.69) is 15.7 Å². The second-order valence-electron chi connectivity index (χ2n) is 3.81. The lowest BCUT2D eigenvalue weighted by atomic mass is 10.00. The van der Waals surface area contributed by atoms with E-state index in [9.17, 15) is 4.79 Å². The summed E-state index contributed by atoms with van der Waals surface area (Å²) in [4.78, 5) is 16.2. The van der Waals surface area contributed by atoms with Gasteiger partial charge in [-0.2, -0.15) is 0 Å². The number of allylic oxidation sites excluding steroid dienone is 1. The molecule has 0 aromatic carbocycles. The minimum Gasteiger partial charge on any atom is -0.463 e. The minimum atomic E-state index is -0.309. The number of rotatable bonds is 4. The molecule has 0 aromatic rings. The van der Waals surface area contributed by atoms with Gasteiger partial charge in [-0.3, -0.25) is 5.43 Å². The average molecular weight is 240 g/mol. The summed E-state index contributed by atoms with van der Waals surface area (Å²) in [7, 11) is 0. The number of hydrogen-bond donors (Lipinski definition) is 3. The predicted molar refractivity (Wildman–Crippen MR) is 65.9 cm³/mol. The van der Waals surface area contributed by atoms with Crippen LogP contribution in [0.5, 0.6) is 0 Å². The van der Waals surface area contributed by atoms with Crippen LogP contribution in [-0.4, -0.2) is 24.6 Å². The van der Waals surface area contributed by atoms with Crippen molar-refractivity contribution in [3.05, 3.63) is 11.3 Å². The van der Waals surface area contributed by atoms with E-state index < -0.39 is 0 Å². The van der Waals surface area contributed by atoms with Crippen LogP contribution in [0.15, 0.2) is 16.3 Å². The van der Waals surface area contributed by atoms with Crippen LogP contribution in [0.3, 0.4) is 0 Å². The van der Waals surface area contributed by atoms with E-state index in [1.807, 2.05) is 13.8 Å². The lowest BCUT2D eigenvalue weighted by Gasteiger charge is -2.24. The SMILES string of the molecule is CCCC1N=C(NN)NC(C)=C1C(=O)OCC. The van der Waals surface area contributed by atoms with Crippen molar-refractivity contribution in [2.75, 3.05) is 6.61 Å². The van der Waals surface area contributed by atoms with Crippen LogP contribution in [0.4, 0.5) is 0 Å². The lowest BCUT2D eigenvalue weighted by molar-refractivity contribution is -0.138. The number of hydrazine groups is 1. The summed E-state index contributed by atoms with van der Waals surface area (Å²) in [6, 6.07) is -0.189. The second kappa shape index (κ2) is 6.24. The summed E-state index contributed by atoms with van der Waals surface area (Å²) < 4.78 is 5.04. The number of nitrogens with two attached hydrogens (primary N) is 1. The molecular weight excluding hydrogens is 220 g/mol. The molecule has 1 heterocycles. The molecule has 1 rings (SSSR count). The van der Waals surface area contributed by atoms with Crippen molar-refractivity contribution in [3.8, 4) is 0 Å². The Morgan fingerprint density at radius 1 is 1.59 bits per heavy atom. The van der Waals surface area contributed by atoms with E-state index in [0.717, 1.165) is 18.5 Å². The number of carbonyl (C=O) groups is 1. The molecule has 96 valence electrons. The highest BCUT2D eigenvalue weighted by atomic mass is 16.5. The summed E-state index contributed by atoms with van der Waals surface area (Å²) in [5, 5.41) is 2.94. The molecule has 0 aliphatic carbocycles. The quantitative estimate of drug-likeness (QED) is 0.376. The van der Waals surface area contributed by atoms with Crippen molar-refractivity contribution in [3.63, 3.8) is 0 Å². The molecule has 1 atom stereocenters. The Hall–Kier alpha value is -1.56. The Kier molecular flexibility index (Phi) is 4.96. The van der Waals surface area contributed by atoms with Gasteiger partial charge < -0.3 is 10.1 Å². The largest absolute Gasteiger partial charge is 0.463 e. The zero-order chi connectivity index (χ0) is 12.8. The maximum Gasteiger partial charge on any atom is 0.337 e. The Labute approximate surface area is 101 Å². The molecule has 1 aliphatic heterocycles. The van der Waals surface area contributed by atoms with E-state index in [4.69, 9.17) is 10.6 Å². The summed E-state index contributed by atoms with van der Waals surface area (Å²) in [5.74, 6) is 5.49. The van der Waals surface area contributed by atoms with Crippen LogP contribution >= 0.6 is 0 Å². The molecule has 6 nitrogen and oxygen atoms in total. The van der Waals surface area contributed by atoms with Crippen molar-refractivity contribution in [2.24, 2.45) is 10.8 Å². The van der Waals surface area contributed by atoms with E-state index in [1.165, 1.54) is 0 Å². The van der Waals surface area contributed by atoms with Gasteiger partial charge >= 0.3 is 5.97 Å². The molecule has 1 aliphatic rings. The van der Waals surface area contributed by atoms with Crippen molar-refractivity contribution in [1.82, 2.24) is 10.7 Å². The van der Waals surface area contributed by atoms with Gasteiger partial charge in [0.15, 0.2) is 0 Å². The fraction of sp³-hybridized carbons (Fsp3) is 0.636. The summed E-state index contributed by atoms with van der Waals surface area (Å²) in [5.41, 5.74) is 3.80. The Bertz CT molecular complexity index is 349. The Balaban J connectivity index is 2.94. The van der Waals surface area contributed by atoms with Gasteiger partial charge in [-0.1, -0.05) is 13.3 Å². The van der Waals surface area contributed by atoms with Gasteiger partial charge in [-0.25, -0.2) is 15.6 Å². The van der Waals surface area contributed by atoms with Crippen LogP contribution in [0.1, 0.15) is 33.6 Å². The Morgan fingerprint density at radius 2 is 2.29 bits per heavy atom. The smallest absolute Gasteiger partial charge is 0.337 e. The third-order valence-corrected chi connectivity index (χ3v) is 2.52. The maximum absolute atomic E-state index is 11.8. The number of hydrogen-bond acceptors (Lipinski definition) is 6. The molecule has 0 bridgehead atoms. The fourth-order valence-electron chi connectivity index (χ4n) is 1.80. The lowest BCUT2D eigenvalue weighted by Crippen LogP contribution is -2.45. The van der Waals surface area contributed by atoms with Crippen molar-refractivity contribution < 1.29 is 9.53 Å². The molecule has 0 saturated carbocycles. The highest BCUT2D eigenvalue weighted by Gasteiger charge is 2.27. The first-order valence-electron chi connectivity index (χ1n) is 5.83. The third kappa shape index (κ3) is 3.20. The number of aliphatic imine (C=N–C) groups is 1. The number of nitrogens with zero attached hydrogens (tertiary/aromatic N) is 1. The minimum absolute atomic E-state index is 0.189. The second-order valence-corrected chi connectivity index (χ2v) is 3.81. The number of ether oxygens (including phenoxy) is 1. The molecular formula is C11H20N4O2. The van der Waals surface area contributed by atoms with Crippen LogP contribution in [-0.2, 0) is 9.53 Å². The van der Waals surface area contributed by atoms with Gasteiger partial charge in [0.1, 0.15) is 0 Å². The van der Waals surface area contributed by atoms with Crippen LogP contribution in [0.25, 0.3) is 0 Å². The summed E-state index contributed by atoms with van der Waals surface area (Å²) in [6.07, 6.45) is 1.72. The molecule has 17 heavy (non-hydrogen) atoms. The van der Waals surface area contributed by atoms with Crippen LogP contribution in [0, 0.1) is 0 Å². The standard InChI is InChI=1S/C11H20N4O2/c1-4-6-8-9(10(16)17-5-2)7(3)13-11(14-8)15-12/h8H,4-6,12H2,1-3H3,(H2,13,14,15). The topological polar surface area (TPSA) is 88.7 Å². The van der Waals surface area contributed by atoms with Gasteiger partial charge in [0.25, 0.3) is 0 Å². The molecule has 0 radical (unpaired) electrons. The number of guanidine groups is 1. The monoisotopic (exact) mass is 240 g/mol. The summed E-state index contributed by atoms with van der Waals surface area (Å²) in [6.45, 7) is 6.02. The molecule has 0 spiro atoms. The van der Waals surface area contributed by atoms with Crippen molar-refractivity contribution in [1.29, 1.82) is 0 Å². The zero-order valence-corrected chi connectivity index (χ0v) is 10.5. The fourth-order valence-corrected chi connectivity index (χ4v) is 1.80. The third-order valence-electron chi connectivity index (χ3n) is 2.52. The first-order chi connectivity index (χ1) is 8.13. The average Bonchev–Trinajstić information content (AvgIpc) is 2.29. The molecule has 1 unspecified atom stereocenters. The molecule has 6 heteroatoms. The molecule has 0 amide bonds. The van der Waals surface area contributed by atoms with Gasteiger partial charge in [0.05, 0.1) is 18.2 Å². The van der Waals surface area contributed by atoms with E-state index in [1.54, 1.807) is 6.92 Å². The van der Waals surface area contributed by atoms with Crippen molar-refractivity contribution in [2.45, 2.75) is 39.7 Å². The van der Waals surface area contributed by atoms with Crippen LogP contribution in [0.2, 0.25) is 0 Å². The number of nitrogens with one attached hydrogen (secondary N) is 2. The van der Waals surface area contributed by atoms with E-state index >= 15 is 0 Å². The number of esters is 1. The Morgan fingerprint density at radius 3 is 2.82 bits per heavy atom. The predicted octanol–water partition coefficient (Wildman–Crippen LogP) is 0.415. The molecule has 0 aromatic heterocycles. The van der Waals surface area contributed by atoms with Crippen LogP contribution < -0.4 is 16.6 Å². The van der Waals surface area contributed by atoms with Gasteiger partial charge in [0, 0.05) is 5.70 Å². The molecule has 0 fully saturated rings. The van der Waals surface area contributed by atoms with Crippen molar-refractivity contribution >= 4 is 11.9 Å². The first-order valence-corrected chi connectivity index (χ1v) is 5.83. The number of carbonyl (C=O) groups excluding carboxylic acids is 1. The van der Waals surface area contributed by atoms with Gasteiger partial charge in [-0.15, -0.1) is 0 Å². The normalized spacial score (nSPS) is 19.5.